The molecule has 0 aliphatic rings. The maximum absolute atomic E-state index is 11.1. The second-order valence-corrected chi connectivity index (χ2v) is 4.00. The quantitative estimate of drug-likeness (QED) is 0.765. The molecular formula is C13H14N4O. The van der Waals surface area contributed by atoms with E-state index in [-0.39, 0.29) is 0 Å². The number of anilines is 3. The Morgan fingerprint density at radius 3 is 2.78 bits per heavy atom. The first-order valence-electron chi connectivity index (χ1n) is 5.45. The first-order valence-corrected chi connectivity index (χ1v) is 5.45. The molecule has 5 heteroatoms. The fraction of sp³-hybridized carbons (Fsp3) is 0.0769. The number of carbonyl (C=O) groups excluding carboxylic acids is 1. The van der Waals surface area contributed by atoms with Gasteiger partial charge in [-0.1, -0.05) is 6.07 Å². The van der Waals surface area contributed by atoms with E-state index in [9.17, 15) is 4.79 Å². The topological polar surface area (TPSA) is 94.0 Å². The molecule has 1 heterocycles. The van der Waals surface area contributed by atoms with Gasteiger partial charge in [0, 0.05) is 11.3 Å². The number of hydrogen-bond acceptors (Lipinski definition) is 4. The number of carbonyl (C=O) groups is 1. The zero-order valence-corrected chi connectivity index (χ0v) is 9.97. The first-order chi connectivity index (χ1) is 8.56. The summed E-state index contributed by atoms with van der Waals surface area (Å²) >= 11 is 0. The van der Waals surface area contributed by atoms with Gasteiger partial charge in [-0.05, 0) is 36.8 Å². The summed E-state index contributed by atoms with van der Waals surface area (Å²) in [4.78, 5) is 15.2. The number of rotatable bonds is 3. The molecule has 1 aromatic carbocycles. The molecule has 0 aliphatic heterocycles. The van der Waals surface area contributed by atoms with Gasteiger partial charge in [-0.15, -0.1) is 0 Å². The van der Waals surface area contributed by atoms with Gasteiger partial charge in [-0.3, -0.25) is 4.79 Å². The lowest BCUT2D eigenvalue weighted by Gasteiger charge is -2.08. The van der Waals surface area contributed by atoms with Crippen LogP contribution >= 0.6 is 0 Å². The minimum atomic E-state index is -0.458. The Balaban J connectivity index is 2.25. The van der Waals surface area contributed by atoms with Crippen molar-refractivity contribution in [1.82, 2.24) is 4.98 Å². The zero-order valence-electron chi connectivity index (χ0n) is 9.97. The zero-order chi connectivity index (χ0) is 13.1. The van der Waals surface area contributed by atoms with Crippen LogP contribution in [0.15, 0.2) is 36.5 Å². The van der Waals surface area contributed by atoms with Gasteiger partial charge >= 0.3 is 0 Å². The van der Waals surface area contributed by atoms with Crippen LogP contribution in [0.25, 0.3) is 0 Å². The molecule has 0 saturated heterocycles. The molecule has 5 nitrogen and oxygen atoms in total. The number of hydrogen-bond donors (Lipinski definition) is 3. The number of nitrogens with one attached hydrogen (secondary N) is 1. The van der Waals surface area contributed by atoms with Gasteiger partial charge in [0.1, 0.15) is 5.82 Å². The summed E-state index contributed by atoms with van der Waals surface area (Å²) in [6.45, 7) is 1.90. The van der Waals surface area contributed by atoms with Gasteiger partial charge in [-0.2, -0.15) is 0 Å². The summed E-state index contributed by atoms with van der Waals surface area (Å²) in [5, 5.41) is 3.09. The van der Waals surface area contributed by atoms with E-state index in [0.29, 0.717) is 17.1 Å². The van der Waals surface area contributed by atoms with Crippen LogP contribution in [0.4, 0.5) is 17.2 Å². The second kappa shape index (κ2) is 4.75. The normalized spacial score (nSPS) is 10.1. The lowest BCUT2D eigenvalue weighted by atomic mass is 10.2. The largest absolute Gasteiger partial charge is 0.397 e. The highest BCUT2D eigenvalue weighted by molar-refractivity contribution is 5.93. The molecular weight excluding hydrogens is 228 g/mol. The summed E-state index contributed by atoms with van der Waals surface area (Å²) in [5.74, 6) is 0.211. The molecule has 18 heavy (non-hydrogen) atoms. The number of benzene rings is 1. The van der Waals surface area contributed by atoms with Crippen LogP contribution < -0.4 is 16.8 Å². The van der Waals surface area contributed by atoms with Crippen molar-refractivity contribution >= 4 is 23.1 Å². The summed E-state index contributed by atoms with van der Waals surface area (Å²) in [7, 11) is 0. The van der Waals surface area contributed by atoms with Gasteiger partial charge < -0.3 is 16.8 Å². The number of aromatic nitrogens is 1. The van der Waals surface area contributed by atoms with Gasteiger partial charge in [-0.25, -0.2) is 4.98 Å². The van der Waals surface area contributed by atoms with Crippen molar-refractivity contribution in [1.29, 1.82) is 0 Å². The smallest absolute Gasteiger partial charge is 0.248 e. The number of aryl methyl sites for hydroxylation is 1. The molecule has 0 radical (unpaired) electrons. The van der Waals surface area contributed by atoms with E-state index in [1.54, 1.807) is 24.4 Å². The van der Waals surface area contributed by atoms with Crippen LogP contribution in [0.3, 0.4) is 0 Å². The van der Waals surface area contributed by atoms with E-state index in [2.05, 4.69) is 10.3 Å². The fourth-order valence-electron chi connectivity index (χ4n) is 1.53. The molecule has 5 N–H and O–H groups in total. The number of amides is 1. The number of pyridine rings is 1. The predicted molar refractivity (Wildman–Crippen MR) is 71.6 cm³/mol. The van der Waals surface area contributed by atoms with Crippen LogP contribution in [0.1, 0.15) is 15.9 Å². The average molecular weight is 242 g/mol. The van der Waals surface area contributed by atoms with Crippen LogP contribution in [-0.4, -0.2) is 10.9 Å². The van der Waals surface area contributed by atoms with Crippen molar-refractivity contribution in [3.8, 4) is 0 Å². The average Bonchev–Trinajstić information content (AvgIpc) is 2.34. The highest BCUT2D eigenvalue weighted by Crippen LogP contribution is 2.19. The lowest BCUT2D eigenvalue weighted by Crippen LogP contribution is -2.10. The van der Waals surface area contributed by atoms with Gasteiger partial charge in [0.05, 0.1) is 11.9 Å². The third kappa shape index (κ3) is 2.57. The van der Waals surface area contributed by atoms with Crippen LogP contribution in [0.5, 0.6) is 0 Å². The summed E-state index contributed by atoms with van der Waals surface area (Å²) in [5.41, 5.74) is 13.7. The molecule has 0 atom stereocenters. The number of nitrogens with two attached hydrogens (primary N) is 2. The number of nitrogen functional groups attached to an aromatic ring is 1. The second-order valence-electron chi connectivity index (χ2n) is 4.00. The van der Waals surface area contributed by atoms with Gasteiger partial charge in [0.15, 0.2) is 0 Å². The molecule has 0 bridgehead atoms. The Morgan fingerprint density at radius 1 is 1.33 bits per heavy atom. The molecule has 0 spiro atoms. The molecule has 0 unspecified atom stereocenters. The van der Waals surface area contributed by atoms with E-state index in [0.717, 1.165) is 11.3 Å². The van der Waals surface area contributed by atoms with E-state index in [1.807, 2.05) is 19.1 Å². The highest BCUT2D eigenvalue weighted by Gasteiger charge is 2.03. The highest BCUT2D eigenvalue weighted by atomic mass is 16.1. The van der Waals surface area contributed by atoms with E-state index < -0.39 is 5.91 Å². The van der Waals surface area contributed by atoms with Crippen LogP contribution in [-0.2, 0) is 0 Å². The lowest BCUT2D eigenvalue weighted by molar-refractivity contribution is 0.100. The van der Waals surface area contributed by atoms with E-state index >= 15 is 0 Å². The molecule has 1 aromatic heterocycles. The number of nitrogens with zero attached hydrogens (tertiary/aromatic N) is 1. The van der Waals surface area contributed by atoms with Gasteiger partial charge in [0.25, 0.3) is 0 Å². The third-order valence-corrected chi connectivity index (χ3v) is 2.57. The Labute approximate surface area is 105 Å². The van der Waals surface area contributed by atoms with E-state index in [1.165, 1.54) is 0 Å². The molecule has 0 saturated carbocycles. The fourth-order valence-corrected chi connectivity index (χ4v) is 1.53. The monoisotopic (exact) mass is 242 g/mol. The Bertz CT molecular complexity index is 595. The van der Waals surface area contributed by atoms with Gasteiger partial charge in [0.2, 0.25) is 5.91 Å². The summed E-state index contributed by atoms with van der Waals surface area (Å²) in [6, 6.07) is 8.77. The Kier molecular flexibility index (Phi) is 3.14. The summed E-state index contributed by atoms with van der Waals surface area (Å²) in [6.07, 6.45) is 1.59. The minimum absolute atomic E-state index is 0.451. The van der Waals surface area contributed by atoms with Crippen molar-refractivity contribution in [2.75, 3.05) is 11.1 Å². The van der Waals surface area contributed by atoms with Crippen LogP contribution in [0.2, 0.25) is 0 Å². The van der Waals surface area contributed by atoms with Crippen LogP contribution in [0, 0.1) is 6.92 Å². The third-order valence-electron chi connectivity index (χ3n) is 2.57. The maximum atomic E-state index is 11.1. The standard InChI is InChI=1S/C13H14N4O/c1-8-5-12(16-7-11(8)14)17-10-4-2-3-9(6-10)13(15)18/h2-7H,14H2,1H3,(H2,15,18)(H,16,17). The minimum Gasteiger partial charge on any atom is -0.397 e. The Hall–Kier alpha value is -2.56. The van der Waals surface area contributed by atoms with Crippen molar-refractivity contribution in [3.05, 3.63) is 47.7 Å². The first kappa shape index (κ1) is 11.9. The number of primary amides is 1. The van der Waals surface area contributed by atoms with Crippen molar-refractivity contribution in [2.45, 2.75) is 6.92 Å². The SMILES string of the molecule is Cc1cc(Nc2cccc(C(N)=O)c2)ncc1N. The molecule has 0 aliphatic carbocycles. The molecule has 2 rings (SSSR count). The predicted octanol–water partition coefficient (Wildman–Crippen LogP) is 1.81. The van der Waals surface area contributed by atoms with Crippen molar-refractivity contribution < 1.29 is 4.79 Å². The molecule has 92 valence electrons. The molecule has 1 amide bonds. The molecule has 2 aromatic rings. The van der Waals surface area contributed by atoms with E-state index in [4.69, 9.17) is 11.5 Å². The van der Waals surface area contributed by atoms with Crippen molar-refractivity contribution in [2.24, 2.45) is 5.73 Å². The molecule has 0 fully saturated rings. The van der Waals surface area contributed by atoms with Crippen molar-refractivity contribution in [3.63, 3.8) is 0 Å². The maximum Gasteiger partial charge on any atom is 0.248 e. The Morgan fingerprint density at radius 2 is 2.11 bits per heavy atom. The summed E-state index contributed by atoms with van der Waals surface area (Å²) < 4.78 is 0.